The standard InChI is InChI=1S/C23H25N7O2/c1-16(2)24-23(31)19-14-21-25-20(15-22(30(21)27-19)28-10-12-32-13-11-28)29-9-8-18(26-29)17-6-4-3-5-7-17/h3-9,14-16H,10-13H2,1-2H3,(H,24,31). The lowest BCUT2D eigenvalue weighted by Crippen LogP contribution is -2.37. The van der Waals surface area contributed by atoms with Crippen LogP contribution in [0.3, 0.4) is 0 Å². The van der Waals surface area contributed by atoms with Crippen LogP contribution < -0.4 is 10.2 Å². The van der Waals surface area contributed by atoms with Gasteiger partial charge >= 0.3 is 0 Å². The van der Waals surface area contributed by atoms with E-state index in [9.17, 15) is 4.79 Å². The number of hydrogen-bond acceptors (Lipinski definition) is 6. The molecule has 0 unspecified atom stereocenters. The van der Waals surface area contributed by atoms with E-state index in [4.69, 9.17) is 14.8 Å². The smallest absolute Gasteiger partial charge is 0.272 e. The zero-order valence-corrected chi connectivity index (χ0v) is 18.1. The largest absolute Gasteiger partial charge is 0.378 e. The molecule has 0 radical (unpaired) electrons. The predicted octanol–water partition coefficient (Wildman–Crippen LogP) is 2.56. The first kappa shape index (κ1) is 20.2. The van der Waals surface area contributed by atoms with Gasteiger partial charge in [0, 0.05) is 43.0 Å². The fourth-order valence-electron chi connectivity index (χ4n) is 3.74. The van der Waals surface area contributed by atoms with E-state index >= 15 is 0 Å². The normalized spacial score (nSPS) is 14.3. The molecule has 1 aliphatic heterocycles. The van der Waals surface area contributed by atoms with Gasteiger partial charge in [0.2, 0.25) is 0 Å². The van der Waals surface area contributed by atoms with Gasteiger partial charge in [0.1, 0.15) is 5.82 Å². The number of nitrogens with one attached hydrogen (secondary N) is 1. The minimum absolute atomic E-state index is 0.0232. The maximum atomic E-state index is 12.6. The molecular formula is C23H25N7O2. The third kappa shape index (κ3) is 3.94. The van der Waals surface area contributed by atoms with Crippen LogP contribution in [0.1, 0.15) is 24.3 Å². The Morgan fingerprint density at radius 1 is 1.06 bits per heavy atom. The number of nitrogens with zero attached hydrogens (tertiary/aromatic N) is 6. The molecule has 5 rings (SSSR count). The number of carbonyl (C=O) groups is 1. The number of fused-ring (bicyclic) bond motifs is 1. The molecule has 1 aliphatic rings. The summed E-state index contributed by atoms with van der Waals surface area (Å²) >= 11 is 0. The SMILES string of the molecule is CC(C)NC(=O)c1cc2nc(-n3ccc(-c4ccccc4)n3)cc(N3CCOCC3)n2n1. The molecule has 0 saturated carbocycles. The molecule has 1 fully saturated rings. The molecule has 9 heteroatoms. The fourth-order valence-corrected chi connectivity index (χ4v) is 3.74. The summed E-state index contributed by atoms with van der Waals surface area (Å²) in [5.41, 5.74) is 2.83. The van der Waals surface area contributed by atoms with E-state index in [2.05, 4.69) is 15.3 Å². The third-order valence-electron chi connectivity index (χ3n) is 5.28. The lowest BCUT2D eigenvalue weighted by atomic mass is 10.2. The highest BCUT2D eigenvalue weighted by Crippen LogP contribution is 2.23. The Labute approximate surface area is 185 Å². The Balaban J connectivity index is 1.59. The zero-order chi connectivity index (χ0) is 22.1. The minimum atomic E-state index is -0.217. The first-order valence-corrected chi connectivity index (χ1v) is 10.7. The Morgan fingerprint density at radius 2 is 1.84 bits per heavy atom. The first-order chi connectivity index (χ1) is 15.6. The van der Waals surface area contributed by atoms with Gasteiger partial charge in [-0.15, -0.1) is 0 Å². The lowest BCUT2D eigenvalue weighted by molar-refractivity contribution is 0.0937. The van der Waals surface area contributed by atoms with Gasteiger partial charge in [-0.05, 0) is 19.9 Å². The second-order valence-electron chi connectivity index (χ2n) is 8.01. The van der Waals surface area contributed by atoms with Crippen LogP contribution in [0.4, 0.5) is 5.82 Å². The molecule has 0 spiro atoms. The van der Waals surface area contributed by atoms with E-state index in [1.165, 1.54) is 0 Å². The summed E-state index contributed by atoms with van der Waals surface area (Å²) in [6.45, 7) is 6.60. The molecule has 0 bridgehead atoms. The maximum absolute atomic E-state index is 12.6. The van der Waals surface area contributed by atoms with Crippen molar-refractivity contribution in [2.24, 2.45) is 0 Å². The maximum Gasteiger partial charge on any atom is 0.272 e. The van der Waals surface area contributed by atoms with Crippen LogP contribution in [-0.2, 0) is 4.74 Å². The number of amides is 1. The zero-order valence-electron chi connectivity index (χ0n) is 18.1. The van der Waals surface area contributed by atoms with Crippen molar-refractivity contribution in [3.8, 4) is 17.1 Å². The quantitative estimate of drug-likeness (QED) is 0.522. The molecule has 164 valence electrons. The van der Waals surface area contributed by atoms with Crippen molar-refractivity contribution in [2.75, 3.05) is 31.2 Å². The molecule has 0 atom stereocenters. The summed E-state index contributed by atoms with van der Waals surface area (Å²) in [6, 6.07) is 15.7. The Hall–Kier alpha value is -3.72. The van der Waals surface area contributed by atoms with Gasteiger partial charge in [0.25, 0.3) is 5.91 Å². The van der Waals surface area contributed by atoms with E-state index in [1.807, 2.05) is 62.5 Å². The molecule has 1 saturated heterocycles. The Morgan fingerprint density at radius 3 is 2.59 bits per heavy atom. The minimum Gasteiger partial charge on any atom is -0.378 e. The van der Waals surface area contributed by atoms with Crippen LogP contribution in [0.2, 0.25) is 0 Å². The van der Waals surface area contributed by atoms with Crippen LogP contribution in [-0.4, -0.2) is 62.6 Å². The summed E-state index contributed by atoms with van der Waals surface area (Å²) in [5.74, 6) is 1.30. The molecule has 4 aromatic rings. The number of carbonyl (C=O) groups excluding carboxylic acids is 1. The second-order valence-corrected chi connectivity index (χ2v) is 8.01. The van der Waals surface area contributed by atoms with Crippen molar-refractivity contribution in [3.63, 3.8) is 0 Å². The Bertz CT molecular complexity index is 1240. The molecule has 1 amide bonds. The number of ether oxygens (including phenoxy) is 1. The third-order valence-corrected chi connectivity index (χ3v) is 5.28. The number of aromatic nitrogens is 5. The van der Waals surface area contributed by atoms with Gasteiger partial charge < -0.3 is 15.0 Å². The summed E-state index contributed by atoms with van der Waals surface area (Å²) in [5, 5.41) is 12.2. The van der Waals surface area contributed by atoms with Gasteiger partial charge in [0.05, 0.1) is 18.9 Å². The van der Waals surface area contributed by atoms with E-state index < -0.39 is 0 Å². The number of rotatable bonds is 5. The van der Waals surface area contributed by atoms with Crippen molar-refractivity contribution in [1.82, 2.24) is 29.7 Å². The van der Waals surface area contributed by atoms with Crippen LogP contribution in [0.25, 0.3) is 22.7 Å². The molecule has 0 aliphatic carbocycles. The molecule has 3 aromatic heterocycles. The van der Waals surface area contributed by atoms with Crippen molar-refractivity contribution in [2.45, 2.75) is 19.9 Å². The summed E-state index contributed by atoms with van der Waals surface area (Å²) in [6.07, 6.45) is 1.90. The predicted molar refractivity (Wildman–Crippen MR) is 121 cm³/mol. The monoisotopic (exact) mass is 431 g/mol. The topological polar surface area (TPSA) is 89.6 Å². The second kappa shape index (κ2) is 8.43. The highest BCUT2D eigenvalue weighted by atomic mass is 16.5. The average Bonchev–Trinajstić information content (AvgIpc) is 3.47. The van der Waals surface area contributed by atoms with Crippen LogP contribution >= 0.6 is 0 Å². The van der Waals surface area contributed by atoms with Gasteiger partial charge in [-0.1, -0.05) is 30.3 Å². The van der Waals surface area contributed by atoms with Gasteiger partial charge in [0.15, 0.2) is 17.2 Å². The molecule has 9 nitrogen and oxygen atoms in total. The Kier molecular flexibility index (Phi) is 5.32. The lowest BCUT2D eigenvalue weighted by Gasteiger charge is -2.29. The van der Waals surface area contributed by atoms with Crippen LogP contribution in [0.15, 0.2) is 54.7 Å². The summed E-state index contributed by atoms with van der Waals surface area (Å²) in [4.78, 5) is 19.5. The number of morpholine rings is 1. The fraction of sp³-hybridized carbons (Fsp3) is 0.304. The van der Waals surface area contributed by atoms with E-state index in [1.54, 1.807) is 15.3 Å². The van der Waals surface area contributed by atoms with E-state index in [0.717, 1.165) is 30.2 Å². The molecular weight excluding hydrogens is 406 g/mol. The van der Waals surface area contributed by atoms with E-state index in [0.29, 0.717) is 30.4 Å². The van der Waals surface area contributed by atoms with Crippen LogP contribution in [0, 0.1) is 0 Å². The van der Waals surface area contributed by atoms with Crippen molar-refractivity contribution < 1.29 is 9.53 Å². The van der Waals surface area contributed by atoms with Gasteiger partial charge in [-0.2, -0.15) is 14.7 Å². The summed E-state index contributed by atoms with van der Waals surface area (Å²) < 4.78 is 9.00. The number of benzene rings is 1. The van der Waals surface area contributed by atoms with Crippen molar-refractivity contribution >= 4 is 17.4 Å². The van der Waals surface area contributed by atoms with Crippen molar-refractivity contribution in [1.29, 1.82) is 0 Å². The first-order valence-electron chi connectivity index (χ1n) is 10.7. The average molecular weight is 432 g/mol. The molecule has 1 N–H and O–H groups in total. The van der Waals surface area contributed by atoms with Gasteiger partial charge in [-0.3, -0.25) is 4.79 Å². The molecule has 1 aromatic carbocycles. The molecule has 32 heavy (non-hydrogen) atoms. The van der Waals surface area contributed by atoms with Crippen molar-refractivity contribution in [3.05, 3.63) is 60.4 Å². The summed E-state index contributed by atoms with van der Waals surface area (Å²) in [7, 11) is 0. The van der Waals surface area contributed by atoms with Gasteiger partial charge in [-0.25, -0.2) is 9.67 Å². The number of anilines is 1. The highest BCUT2D eigenvalue weighted by molar-refractivity contribution is 5.93. The van der Waals surface area contributed by atoms with E-state index in [-0.39, 0.29) is 11.9 Å². The number of hydrogen-bond donors (Lipinski definition) is 1. The van der Waals surface area contributed by atoms with Crippen LogP contribution in [0.5, 0.6) is 0 Å². The highest BCUT2D eigenvalue weighted by Gasteiger charge is 2.21. The molecule has 4 heterocycles.